The summed E-state index contributed by atoms with van der Waals surface area (Å²) in [5, 5.41) is 8.00. The molecule has 1 N–H and O–H groups in total. The van der Waals surface area contributed by atoms with Crippen molar-refractivity contribution in [2.45, 2.75) is 13.1 Å². The van der Waals surface area contributed by atoms with Gasteiger partial charge in [0.15, 0.2) is 17.3 Å². The van der Waals surface area contributed by atoms with Crippen LogP contribution in [0.4, 0.5) is 0 Å². The molecule has 0 saturated heterocycles. The van der Waals surface area contributed by atoms with Gasteiger partial charge in [-0.05, 0) is 29.8 Å². The number of benzene rings is 1. The van der Waals surface area contributed by atoms with E-state index >= 15 is 0 Å². The fourth-order valence-electron chi connectivity index (χ4n) is 2.14. The van der Waals surface area contributed by atoms with Crippen LogP contribution < -0.4 is 10.1 Å². The Labute approximate surface area is 154 Å². The highest BCUT2D eigenvalue weighted by Crippen LogP contribution is 2.34. The Morgan fingerprint density at radius 1 is 1.24 bits per heavy atom. The largest absolute Gasteiger partial charge is 0.486 e. The molecule has 0 atom stereocenters. The molecule has 1 aromatic carbocycles. The number of furan rings is 1. The number of aromatic nitrogens is 2. The van der Waals surface area contributed by atoms with Crippen LogP contribution in [0.5, 0.6) is 5.75 Å². The van der Waals surface area contributed by atoms with Gasteiger partial charge in [-0.15, -0.1) is 0 Å². The van der Waals surface area contributed by atoms with E-state index in [1.165, 1.54) is 0 Å². The van der Waals surface area contributed by atoms with Gasteiger partial charge in [0.25, 0.3) is 5.89 Å². The molecule has 2 heterocycles. The van der Waals surface area contributed by atoms with Gasteiger partial charge in [0.05, 0.1) is 22.9 Å². The Balaban J connectivity index is 1.58. The molecule has 0 saturated carbocycles. The molecule has 0 amide bonds. The Bertz CT molecular complexity index is 824. The third-order valence-electron chi connectivity index (χ3n) is 3.22. The molecule has 0 unspecified atom stereocenters. The molecule has 8 heteroatoms. The first-order chi connectivity index (χ1) is 12.2. The SMILES string of the molecule is C=CCOc1c(Cl)cc(CNCc2noc(-c3ccco3)n2)cc1Cl. The van der Waals surface area contributed by atoms with Gasteiger partial charge >= 0.3 is 0 Å². The first-order valence-electron chi connectivity index (χ1n) is 7.46. The van der Waals surface area contributed by atoms with Crippen molar-refractivity contribution in [3.63, 3.8) is 0 Å². The van der Waals surface area contributed by atoms with Crippen molar-refractivity contribution in [3.05, 3.63) is 64.6 Å². The molecule has 3 aromatic rings. The average Bonchev–Trinajstić information content (AvgIpc) is 3.25. The first-order valence-corrected chi connectivity index (χ1v) is 8.21. The van der Waals surface area contributed by atoms with Gasteiger partial charge in [-0.3, -0.25) is 0 Å². The highest BCUT2D eigenvalue weighted by atomic mass is 35.5. The summed E-state index contributed by atoms with van der Waals surface area (Å²) in [5.41, 5.74) is 0.913. The fraction of sp³-hybridized carbons (Fsp3) is 0.176. The lowest BCUT2D eigenvalue weighted by molar-refractivity contribution is 0.363. The molecule has 130 valence electrons. The average molecular weight is 380 g/mol. The smallest absolute Gasteiger partial charge is 0.293 e. The minimum atomic E-state index is 0.340. The summed E-state index contributed by atoms with van der Waals surface area (Å²) < 4.78 is 15.8. The van der Waals surface area contributed by atoms with E-state index in [1.807, 2.05) is 0 Å². The molecule has 3 rings (SSSR count). The highest BCUT2D eigenvalue weighted by Gasteiger charge is 2.12. The summed E-state index contributed by atoms with van der Waals surface area (Å²) in [6, 6.07) is 7.10. The lowest BCUT2D eigenvalue weighted by atomic mass is 10.2. The number of rotatable bonds is 8. The van der Waals surface area contributed by atoms with Crippen molar-refractivity contribution in [1.82, 2.24) is 15.5 Å². The third-order valence-corrected chi connectivity index (χ3v) is 3.78. The van der Waals surface area contributed by atoms with Gasteiger partial charge in [-0.25, -0.2) is 0 Å². The van der Waals surface area contributed by atoms with Crippen LogP contribution in [0.3, 0.4) is 0 Å². The van der Waals surface area contributed by atoms with E-state index < -0.39 is 0 Å². The molecule has 6 nitrogen and oxygen atoms in total. The van der Waals surface area contributed by atoms with Gasteiger partial charge in [0, 0.05) is 6.54 Å². The zero-order valence-electron chi connectivity index (χ0n) is 13.2. The van der Waals surface area contributed by atoms with Crippen LogP contribution in [-0.4, -0.2) is 16.7 Å². The molecule has 2 aromatic heterocycles. The maximum atomic E-state index is 6.21. The van der Waals surface area contributed by atoms with Crippen molar-refractivity contribution in [2.75, 3.05) is 6.61 Å². The van der Waals surface area contributed by atoms with Crippen molar-refractivity contribution in [1.29, 1.82) is 0 Å². The Kier molecular flexibility index (Phi) is 5.75. The van der Waals surface area contributed by atoms with Crippen LogP contribution in [0.15, 0.2) is 52.1 Å². The monoisotopic (exact) mass is 379 g/mol. The lowest BCUT2D eigenvalue weighted by Crippen LogP contribution is -2.13. The standard InChI is InChI=1S/C17H15Cl2N3O3/c1-2-5-24-16-12(18)7-11(8-13(16)19)9-20-10-15-21-17(25-22-15)14-4-3-6-23-14/h2-4,6-8,20H,1,5,9-10H2. The van der Waals surface area contributed by atoms with Crippen molar-refractivity contribution < 1.29 is 13.7 Å². The van der Waals surface area contributed by atoms with Crippen LogP contribution in [0.1, 0.15) is 11.4 Å². The van der Waals surface area contributed by atoms with Crippen molar-refractivity contribution in [2.24, 2.45) is 0 Å². The molecule has 0 radical (unpaired) electrons. The van der Waals surface area contributed by atoms with Crippen LogP contribution in [0, 0.1) is 0 Å². The van der Waals surface area contributed by atoms with Gasteiger partial charge in [0.1, 0.15) is 6.61 Å². The Hall–Kier alpha value is -2.28. The molecule has 0 aliphatic carbocycles. The molecular weight excluding hydrogens is 365 g/mol. The van der Waals surface area contributed by atoms with Crippen LogP contribution in [-0.2, 0) is 13.1 Å². The van der Waals surface area contributed by atoms with Gasteiger partial charge in [-0.2, -0.15) is 4.98 Å². The maximum absolute atomic E-state index is 6.21. The minimum Gasteiger partial charge on any atom is -0.486 e. The third kappa shape index (κ3) is 4.42. The van der Waals surface area contributed by atoms with E-state index in [0.29, 0.717) is 53.0 Å². The van der Waals surface area contributed by atoms with Crippen molar-refractivity contribution in [3.8, 4) is 17.4 Å². The number of hydrogen-bond acceptors (Lipinski definition) is 6. The van der Waals surface area contributed by atoms with E-state index in [4.69, 9.17) is 36.9 Å². The lowest BCUT2D eigenvalue weighted by Gasteiger charge is -2.10. The topological polar surface area (TPSA) is 73.3 Å². The zero-order valence-corrected chi connectivity index (χ0v) is 14.7. The number of nitrogens with one attached hydrogen (secondary N) is 1. The minimum absolute atomic E-state index is 0.340. The van der Waals surface area contributed by atoms with Gasteiger partial charge < -0.3 is 19.0 Å². The van der Waals surface area contributed by atoms with Gasteiger partial charge in [-0.1, -0.05) is 41.0 Å². The van der Waals surface area contributed by atoms with Gasteiger partial charge in [0.2, 0.25) is 0 Å². The normalized spacial score (nSPS) is 10.8. The van der Waals surface area contributed by atoms with E-state index in [1.54, 1.807) is 36.6 Å². The van der Waals surface area contributed by atoms with E-state index in [2.05, 4.69) is 22.0 Å². The molecule has 0 aliphatic heterocycles. The highest BCUT2D eigenvalue weighted by molar-refractivity contribution is 6.37. The number of halogens is 2. The molecule has 0 spiro atoms. The predicted octanol–water partition coefficient (Wildman–Crippen LogP) is 4.49. The fourth-order valence-corrected chi connectivity index (χ4v) is 2.78. The van der Waals surface area contributed by atoms with Crippen LogP contribution in [0.25, 0.3) is 11.7 Å². The number of nitrogens with zero attached hydrogens (tertiary/aromatic N) is 2. The van der Waals surface area contributed by atoms with Crippen LogP contribution in [0.2, 0.25) is 10.0 Å². The van der Waals surface area contributed by atoms with E-state index in [9.17, 15) is 0 Å². The summed E-state index contributed by atoms with van der Waals surface area (Å²) in [6.45, 7) is 4.89. The molecule has 0 aliphatic rings. The quantitative estimate of drug-likeness (QED) is 0.581. The Morgan fingerprint density at radius 3 is 2.72 bits per heavy atom. The van der Waals surface area contributed by atoms with Crippen LogP contribution >= 0.6 is 23.2 Å². The Morgan fingerprint density at radius 2 is 2.04 bits per heavy atom. The molecule has 0 fully saturated rings. The van der Waals surface area contributed by atoms with Crippen molar-refractivity contribution >= 4 is 23.2 Å². The first kappa shape index (κ1) is 17.5. The summed E-state index contributed by atoms with van der Waals surface area (Å²) in [5.74, 6) is 1.85. The summed E-state index contributed by atoms with van der Waals surface area (Å²) in [4.78, 5) is 4.25. The summed E-state index contributed by atoms with van der Waals surface area (Å²) in [6.07, 6.45) is 3.18. The predicted molar refractivity (Wildman–Crippen MR) is 94.7 cm³/mol. The number of ether oxygens (including phenoxy) is 1. The molecule has 25 heavy (non-hydrogen) atoms. The second kappa shape index (κ2) is 8.20. The number of hydrogen-bond donors (Lipinski definition) is 1. The summed E-state index contributed by atoms with van der Waals surface area (Å²) in [7, 11) is 0. The summed E-state index contributed by atoms with van der Waals surface area (Å²) >= 11 is 12.4. The second-order valence-corrected chi connectivity index (χ2v) is 5.90. The maximum Gasteiger partial charge on any atom is 0.293 e. The van der Waals surface area contributed by atoms with E-state index in [0.717, 1.165) is 5.56 Å². The molecule has 0 bridgehead atoms. The molecular formula is C17H15Cl2N3O3. The zero-order chi connectivity index (χ0) is 17.6. The second-order valence-electron chi connectivity index (χ2n) is 5.08. The van der Waals surface area contributed by atoms with E-state index in [-0.39, 0.29) is 0 Å².